The van der Waals surface area contributed by atoms with Gasteiger partial charge in [0.05, 0.1) is 18.4 Å². The van der Waals surface area contributed by atoms with Crippen LogP contribution < -0.4 is 20.7 Å². The lowest BCUT2D eigenvalue weighted by molar-refractivity contribution is 0.0952. The second kappa shape index (κ2) is 9.23. The van der Waals surface area contributed by atoms with Crippen LogP contribution >= 0.6 is 0 Å². The van der Waals surface area contributed by atoms with Crippen molar-refractivity contribution in [3.8, 4) is 5.75 Å². The Morgan fingerprint density at radius 2 is 1.61 bits per heavy atom. The maximum atomic E-state index is 12.6. The molecule has 3 aromatic carbocycles. The molecule has 0 unspecified atom stereocenters. The van der Waals surface area contributed by atoms with Crippen molar-refractivity contribution >= 4 is 23.3 Å². The molecule has 6 heteroatoms. The molecule has 0 heterocycles. The largest absolute Gasteiger partial charge is 0.497 e. The van der Waals surface area contributed by atoms with Crippen molar-refractivity contribution in [2.75, 3.05) is 17.7 Å². The van der Waals surface area contributed by atoms with Gasteiger partial charge >= 0.3 is 6.03 Å². The molecule has 0 bridgehead atoms. The number of methoxy groups -OCH3 is 1. The van der Waals surface area contributed by atoms with E-state index in [-0.39, 0.29) is 5.91 Å². The number of carbonyl (C=O) groups is 2. The summed E-state index contributed by atoms with van der Waals surface area (Å²) >= 11 is 0. The highest BCUT2D eigenvalue weighted by Crippen LogP contribution is 2.19. The minimum absolute atomic E-state index is 0.263. The van der Waals surface area contributed by atoms with Crippen LogP contribution in [0, 0.1) is 0 Å². The number of nitrogens with one attached hydrogen (secondary N) is 3. The molecule has 0 aliphatic carbocycles. The minimum atomic E-state index is -0.448. The fourth-order valence-electron chi connectivity index (χ4n) is 2.65. The molecule has 0 spiro atoms. The van der Waals surface area contributed by atoms with Crippen LogP contribution in [0.2, 0.25) is 0 Å². The number of urea groups is 1. The zero-order chi connectivity index (χ0) is 19.8. The van der Waals surface area contributed by atoms with E-state index in [0.29, 0.717) is 29.2 Å². The Morgan fingerprint density at radius 3 is 2.39 bits per heavy atom. The molecule has 0 aromatic heterocycles. The van der Waals surface area contributed by atoms with Crippen molar-refractivity contribution in [3.63, 3.8) is 0 Å². The van der Waals surface area contributed by atoms with Crippen LogP contribution in [0.25, 0.3) is 0 Å². The highest BCUT2D eigenvalue weighted by Gasteiger charge is 2.13. The van der Waals surface area contributed by atoms with E-state index in [1.54, 1.807) is 55.6 Å². The van der Waals surface area contributed by atoms with Crippen molar-refractivity contribution in [1.29, 1.82) is 0 Å². The zero-order valence-corrected chi connectivity index (χ0v) is 15.4. The summed E-state index contributed by atoms with van der Waals surface area (Å²) in [5.41, 5.74) is 2.40. The molecule has 0 atom stereocenters. The molecule has 3 amide bonds. The topological polar surface area (TPSA) is 79.5 Å². The smallest absolute Gasteiger partial charge is 0.323 e. The molecule has 0 fully saturated rings. The fraction of sp³-hybridized carbons (Fsp3) is 0.0909. The number of ether oxygens (including phenoxy) is 1. The van der Waals surface area contributed by atoms with E-state index in [2.05, 4.69) is 16.0 Å². The van der Waals surface area contributed by atoms with E-state index in [9.17, 15) is 9.59 Å². The molecular weight excluding hydrogens is 354 g/mol. The van der Waals surface area contributed by atoms with Gasteiger partial charge in [-0.2, -0.15) is 0 Å². The molecule has 3 rings (SSSR count). The third-order valence-electron chi connectivity index (χ3n) is 4.04. The summed E-state index contributed by atoms with van der Waals surface area (Å²) in [6.45, 7) is 0.407. The number of rotatable bonds is 6. The van der Waals surface area contributed by atoms with Gasteiger partial charge in [0.1, 0.15) is 5.75 Å². The summed E-state index contributed by atoms with van der Waals surface area (Å²) in [4.78, 5) is 24.9. The fourth-order valence-corrected chi connectivity index (χ4v) is 2.65. The summed E-state index contributed by atoms with van der Waals surface area (Å²) in [6.07, 6.45) is 0. The standard InChI is InChI=1S/C22H21N3O3/c1-28-18-11-7-10-17(14-18)24-22(27)25-20-13-6-5-12-19(20)21(26)23-15-16-8-3-2-4-9-16/h2-14H,15H2,1H3,(H,23,26)(H2,24,25,27). The second-order valence-electron chi connectivity index (χ2n) is 6.02. The van der Waals surface area contributed by atoms with Crippen LogP contribution in [0.15, 0.2) is 78.9 Å². The quantitative estimate of drug-likeness (QED) is 0.602. The van der Waals surface area contributed by atoms with E-state index >= 15 is 0 Å². The molecule has 6 nitrogen and oxygen atoms in total. The molecule has 0 saturated heterocycles. The molecule has 142 valence electrons. The molecule has 28 heavy (non-hydrogen) atoms. The Hall–Kier alpha value is -3.80. The van der Waals surface area contributed by atoms with Crippen molar-refractivity contribution in [1.82, 2.24) is 5.32 Å². The normalized spacial score (nSPS) is 10.0. The lowest BCUT2D eigenvalue weighted by atomic mass is 10.1. The van der Waals surface area contributed by atoms with E-state index in [0.717, 1.165) is 5.56 Å². The Labute approximate surface area is 163 Å². The lowest BCUT2D eigenvalue weighted by Crippen LogP contribution is -2.26. The van der Waals surface area contributed by atoms with Crippen molar-refractivity contribution in [3.05, 3.63) is 90.0 Å². The Morgan fingerprint density at radius 1 is 0.857 bits per heavy atom. The predicted molar refractivity (Wildman–Crippen MR) is 110 cm³/mol. The van der Waals surface area contributed by atoms with E-state index in [1.807, 2.05) is 30.3 Å². The summed E-state index contributed by atoms with van der Waals surface area (Å²) in [7, 11) is 1.56. The average molecular weight is 375 g/mol. The van der Waals surface area contributed by atoms with Crippen LogP contribution in [0.4, 0.5) is 16.2 Å². The van der Waals surface area contributed by atoms with Gasteiger partial charge < -0.3 is 20.7 Å². The summed E-state index contributed by atoms with van der Waals surface area (Å²) in [5.74, 6) is 0.375. The maximum Gasteiger partial charge on any atom is 0.323 e. The maximum absolute atomic E-state index is 12.6. The van der Waals surface area contributed by atoms with E-state index < -0.39 is 6.03 Å². The van der Waals surface area contributed by atoms with Gasteiger partial charge in [-0.25, -0.2) is 4.79 Å². The first-order chi connectivity index (χ1) is 13.7. The van der Waals surface area contributed by atoms with Crippen molar-refractivity contribution in [2.24, 2.45) is 0 Å². The number of para-hydroxylation sites is 1. The SMILES string of the molecule is COc1cccc(NC(=O)Nc2ccccc2C(=O)NCc2ccccc2)c1. The average Bonchev–Trinajstić information content (AvgIpc) is 2.73. The number of hydrogen-bond acceptors (Lipinski definition) is 3. The second-order valence-corrected chi connectivity index (χ2v) is 6.02. The van der Waals surface area contributed by atoms with E-state index in [4.69, 9.17) is 4.74 Å². The number of anilines is 2. The lowest BCUT2D eigenvalue weighted by Gasteiger charge is -2.12. The van der Waals surface area contributed by atoms with Crippen LogP contribution in [-0.4, -0.2) is 19.0 Å². The molecule has 0 saturated carbocycles. The molecule has 3 aromatic rings. The zero-order valence-electron chi connectivity index (χ0n) is 15.4. The number of amides is 3. The Bertz CT molecular complexity index is 958. The Balaban J connectivity index is 1.65. The monoisotopic (exact) mass is 375 g/mol. The third kappa shape index (κ3) is 5.11. The van der Waals surface area contributed by atoms with Crippen LogP contribution in [-0.2, 0) is 6.54 Å². The third-order valence-corrected chi connectivity index (χ3v) is 4.04. The van der Waals surface area contributed by atoms with Gasteiger partial charge in [0.2, 0.25) is 0 Å². The number of carbonyl (C=O) groups excluding carboxylic acids is 2. The first-order valence-electron chi connectivity index (χ1n) is 8.79. The van der Waals surface area contributed by atoms with Crippen molar-refractivity contribution in [2.45, 2.75) is 6.54 Å². The molecule has 0 radical (unpaired) electrons. The van der Waals surface area contributed by atoms with Gasteiger partial charge in [0, 0.05) is 18.3 Å². The Kier molecular flexibility index (Phi) is 6.25. The van der Waals surface area contributed by atoms with Crippen molar-refractivity contribution < 1.29 is 14.3 Å². The highest BCUT2D eigenvalue weighted by atomic mass is 16.5. The highest BCUT2D eigenvalue weighted by molar-refractivity contribution is 6.06. The predicted octanol–water partition coefficient (Wildman–Crippen LogP) is 4.27. The van der Waals surface area contributed by atoms with Gasteiger partial charge in [-0.1, -0.05) is 48.5 Å². The minimum Gasteiger partial charge on any atom is -0.497 e. The first kappa shape index (κ1) is 19.0. The van der Waals surface area contributed by atoms with Gasteiger partial charge in [-0.3, -0.25) is 4.79 Å². The number of benzene rings is 3. The van der Waals surface area contributed by atoms with Crippen LogP contribution in [0.5, 0.6) is 5.75 Å². The van der Waals surface area contributed by atoms with Gasteiger partial charge in [-0.15, -0.1) is 0 Å². The number of hydrogen-bond donors (Lipinski definition) is 3. The molecule has 0 aliphatic rings. The molecule has 3 N–H and O–H groups in total. The van der Waals surface area contributed by atoms with E-state index in [1.165, 1.54) is 0 Å². The molecule has 0 aliphatic heterocycles. The van der Waals surface area contributed by atoms with Gasteiger partial charge in [0.15, 0.2) is 0 Å². The summed E-state index contributed by atoms with van der Waals surface area (Å²) in [5, 5.41) is 8.32. The molecular formula is C22H21N3O3. The summed E-state index contributed by atoms with van der Waals surface area (Å²) < 4.78 is 5.14. The van der Waals surface area contributed by atoms with Crippen LogP contribution in [0.3, 0.4) is 0 Å². The van der Waals surface area contributed by atoms with Gasteiger partial charge in [0.25, 0.3) is 5.91 Å². The van der Waals surface area contributed by atoms with Gasteiger partial charge in [-0.05, 0) is 29.8 Å². The van der Waals surface area contributed by atoms with Crippen LogP contribution in [0.1, 0.15) is 15.9 Å². The first-order valence-corrected chi connectivity index (χ1v) is 8.79. The summed E-state index contributed by atoms with van der Waals surface area (Å²) in [6, 6.07) is 23.1.